The SMILES string of the molecule is CC(C)COCCn1c(CCCl)nc2c(C#N)cccc21. The highest BCUT2D eigenvalue weighted by molar-refractivity contribution is 6.17. The van der Waals surface area contributed by atoms with Crippen LogP contribution >= 0.6 is 11.6 Å². The van der Waals surface area contributed by atoms with E-state index in [0.29, 0.717) is 30.4 Å². The summed E-state index contributed by atoms with van der Waals surface area (Å²) in [4.78, 5) is 4.59. The monoisotopic (exact) mass is 305 g/mol. The maximum Gasteiger partial charge on any atom is 0.111 e. The van der Waals surface area contributed by atoms with Gasteiger partial charge in [0.2, 0.25) is 0 Å². The van der Waals surface area contributed by atoms with E-state index in [-0.39, 0.29) is 0 Å². The molecule has 5 heteroatoms. The van der Waals surface area contributed by atoms with Gasteiger partial charge in [0, 0.05) is 25.5 Å². The van der Waals surface area contributed by atoms with Crippen molar-refractivity contribution >= 4 is 22.6 Å². The lowest BCUT2D eigenvalue weighted by atomic mass is 10.2. The fourth-order valence-corrected chi connectivity index (χ4v) is 2.45. The van der Waals surface area contributed by atoms with E-state index in [0.717, 1.165) is 30.0 Å². The Hall–Kier alpha value is -1.57. The van der Waals surface area contributed by atoms with E-state index in [4.69, 9.17) is 16.3 Å². The Bertz CT molecular complexity index is 643. The number of nitrogens with zero attached hydrogens (tertiary/aromatic N) is 3. The molecular formula is C16H20ClN3O. The van der Waals surface area contributed by atoms with E-state index in [1.807, 2.05) is 12.1 Å². The molecule has 1 aromatic carbocycles. The normalized spacial score (nSPS) is 11.2. The Kier molecular flexibility index (Phi) is 5.60. The number of benzene rings is 1. The third kappa shape index (κ3) is 3.75. The molecule has 21 heavy (non-hydrogen) atoms. The fourth-order valence-electron chi connectivity index (χ4n) is 2.29. The molecule has 4 nitrogen and oxygen atoms in total. The molecule has 0 atom stereocenters. The van der Waals surface area contributed by atoms with Crippen LogP contribution in [-0.4, -0.2) is 28.6 Å². The summed E-state index contributed by atoms with van der Waals surface area (Å²) < 4.78 is 7.77. The molecule has 0 aliphatic rings. The number of hydrogen-bond acceptors (Lipinski definition) is 3. The molecule has 112 valence electrons. The number of hydrogen-bond donors (Lipinski definition) is 0. The highest BCUT2D eigenvalue weighted by Crippen LogP contribution is 2.20. The van der Waals surface area contributed by atoms with Crippen LogP contribution in [0.5, 0.6) is 0 Å². The van der Waals surface area contributed by atoms with Crippen LogP contribution in [0.25, 0.3) is 11.0 Å². The molecule has 0 saturated carbocycles. The van der Waals surface area contributed by atoms with Gasteiger partial charge in [-0.25, -0.2) is 4.98 Å². The van der Waals surface area contributed by atoms with Crippen molar-refractivity contribution in [2.45, 2.75) is 26.8 Å². The lowest BCUT2D eigenvalue weighted by Gasteiger charge is -2.10. The number of para-hydroxylation sites is 1. The molecule has 1 heterocycles. The zero-order valence-corrected chi connectivity index (χ0v) is 13.2. The van der Waals surface area contributed by atoms with Gasteiger partial charge in [0.15, 0.2) is 0 Å². The maximum absolute atomic E-state index is 9.19. The lowest BCUT2D eigenvalue weighted by molar-refractivity contribution is 0.103. The van der Waals surface area contributed by atoms with E-state index in [9.17, 15) is 5.26 Å². The molecule has 0 amide bonds. The largest absolute Gasteiger partial charge is 0.379 e. The predicted octanol–water partition coefficient (Wildman–Crippen LogP) is 3.36. The van der Waals surface area contributed by atoms with E-state index >= 15 is 0 Å². The van der Waals surface area contributed by atoms with Crippen LogP contribution in [0.3, 0.4) is 0 Å². The summed E-state index contributed by atoms with van der Waals surface area (Å²) in [6.07, 6.45) is 0.686. The van der Waals surface area contributed by atoms with Gasteiger partial charge < -0.3 is 9.30 Å². The van der Waals surface area contributed by atoms with Crippen LogP contribution in [-0.2, 0) is 17.7 Å². The number of ether oxygens (including phenoxy) is 1. The van der Waals surface area contributed by atoms with Gasteiger partial charge in [-0.1, -0.05) is 19.9 Å². The molecule has 2 rings (SSSR count). The van der Waals surface area contributed by atoms with Crippen LogP contribution in [0.4, 0.5) is 0 Å². The second kappa shape index (κ2) is 7.44. The first-order valence-electron chi connectivity index (χ1n) is 7.19. The third-order valence-electron chi connectivity index (χ3n) is 3.21. The van der Waals surface area contributed by atoms with Gasteiger partial charge in [-0.05, 0) is 18.1 Å². The molecule has 0 fully saturated rings. The van der Waals surface area contributed by atoms with E-state index in [2.05, 4.69) is 29.5 Å². The summed E-state index contributed by atoms with van der Waals surface area (Å²) in [7, 11) is 0. The number of rotatable bonds is 7. The standard InChI is InChI=1S/C16H20ClN3O/c1-12(2)11-21-9-8-20-14-5-3-4-13(10-18)16(14)19-15(20)6-7-17/h3-5,12H,6-9,11H2,1-2H3. The van der Waals surface area contributed by atoms with Gasteiger partial charge in [-0.2, -0.15) is 5.26 Å². The van der Waals surface area contributed by atoms with Crippen LogP contribution in [0, 0.1) is 17.2 Å². The summed E-state index contributed by atoms with van der Waals surface area (Å²) in [5, 5.41) is 9.19. The van der Waals surface area contributed by atoms with Crippen LogP contribution in [0.1, 0.15) is 25.2 Å². The highest BCUT2D eigenvalue weighted by Gasteiger charge is 2.13. The molecule has 1 aromatic heterocycles. The maximum atomic E-state index is 9.19. The van der Waals surface area contributed by atoms with E-state index < -0.39 is 0 Å². The van der Waals surface area contributed by atoms with Gasteiger partial charge in [-0.3, -0.25) is 0 Å². The van der Waals surface area contributed by atoms with Crippen LogP contribution in [0.15, 0.2) is 18.2 Å². The average Bonchev–Trinajstić information content (AvgIpc) is 2.81. The first kappa shape index (κ1) is 15.8. The minimum absolute atomic E-state index is 0.512. The average molecular weight is 306 g/mol. The number of aryl methyl sites for hydroxylation is 1. The summed E-state index contributed by atoms with van der Waals surface area (Å²) in [5.41, 5.74) is 2.33. The minimum atomic E-state index is 0.512. The number of fused-ring (bicyclic) bond motifs is 1. The lowest BCUT2D eigenvalue weighted by Crippen LogP contribution is -2.12. The zero-order chi connectivity index (χ0) is 15.2. The van der Waals surface area contributed by atoms with Crippen molar-refractivity contribution in [3.63, 3.8) is 0 Å². The van der Waals surface area contributed by atoms with Crippen molar-refractivity contribution in [2.24, 2.45) is 5.92 Å². The third-order valence-corrected chi connectivity index (χ3v) is 3.40. The molecule has 0 spiro atoms. The van der Waals surface area contributed by atoms with Gasteiger partial charge in [0.05, 0.1) is 17.7 Å². The molecule has 2 aromatic rings. The van der Waals surface area contributed by atoms with Crippen molar-refractivity contribution < 1.29 is 4.74 Å². The van der Waals surface area contributed by atoms with Gasteiger partial charge in [-0.15, -0.1) is 11.6 Å². The number of nitriles is 1. The molecule has 0 unspecified atom stereocenters. The molecule has 0 bridgehead atoms. The number of halogens is 1. The van der Waals surface area contributed by atoms with Crippen molar-refractivity contribution in [1.82, 2.24) is 9.55 Å². The Morgan fingerprint density at radius 2 is 2.24 bits per heavy atom. The molecule has 0 N–H and O–H groups in total. The summed E-state index contributed by atoms with van der Waals surface area (Å²) in [5.74, 6) is 1.95. The number of alkyl halides is 1. The number of aromatic nitrogens is 2. The quantitative estimate of drug-likeness (QED) is 0.582. The molecular weight excluding hydrogens is 286 g/mol. The minimum Gasteiger partial charge on any atom is -0.379 e. The van der Waals surface area contributed by atoms with Crippen molar-refractivity contribution in [3.05, 3.63) is 29.6 Å². The smallest absolute Gasteiger partial charge is 0.111 e. The Balaban J connectivity index is 2.27. The van der Waals surface area contributed by atoms with Crippen LogP contribution < -0.4 is 0 Å². The zero-order valence-electron chi connectivity index (χ0n) is 12.5. The van der Waals surface area contributed by atoms with Gasteiger partial charge in [0.1, 0.15) is 17.4 Å². The highest BCUT2D eigenvalue weighted by atomic mass is 35.5. The first-order chi connectivity index (χ1) is 10.2. The molecule has 0 aliphatic carbocycles. The fraction of sp³-hybridized carbons (Fsp3) is 0.500. The van der Waals surface area contributed by atoms with Gasteiger partial charge in [0.25, 0.3) is 0 Å². The summed E-state index contributed by atoms with van der Waals surface area (Å²) in [6.45, 7) is 6.37. The molecule has 0 saturated heterocycles. The predicted molar refractivity (Wildman–Crippen MR) is 84.5 cm³/mol. The van der Waals surface area contributed by atoms with Gasteiger partial charge >= 0.3 is 0 Å². The van der Waals surface area contributed by atoms with Crippen molar-refractivity contribution in [2.75, 3.05) is 19.1 Å². The summed E-state index contributed by atoms with van der Waals surface area (Å²) >= 11 is 5.86. The van der Waals surface area contributed by atoms with Crippen molar-refractivity contribution in [3.8, 4) is 6.07 Å². The summed E-state index contributed by atoms with van der Waals surface area (Å²) in [6, 6.07) is 7.86. The second-order valence-corrected chi connectivity index (χ2v) is 5.75. The van der Waals surface area contributed by atoms with Crippen LogP contribution in [0.2, 0.25) is 0 Å². The Morgan fingerprint density at radius 3 is 2.90 bits per heavy atom. The topological polar surface area (TPSA) is 50.8 Å². The first-order valence-corrected chi connectivity index (χ1v) is 7.72. The van der Waals surface area contributed by atoms with E-state index in [1.54, 1.807) is 6.07 Å². The Labute approximate surface area is 130 Å². The second-order valence-electron chi connectivity index (χ2n) is 5.37. The molecule has 0 aliphatic heterocycles. The molecule has 0 radical (unpaired) electrons. The number of imidazole rings is 1. The van der Waals surface area contributed by atoms with E-state index in [1.165, 1.54) is 0 Å². The van der Waals surface area contributed by atoms with Crippen molar-refractivity contribution in [1.29, 1.82) is 5.26 Å². The Morgan fingerprint density at radius 1 is 1.43 bits per heavy atom.